The van der Waals surface area contributed by atoms with Gasteiger partial charge in [-0.05, 0) is 29.1 Å². The standard InChI is InChI=1S/C13H8BrFN2OS/c14-11-5-9(15)2-1-8(11)6-17-7-16-12-10(13(17)18)3-4-19-12/h1-5,7H,6H2. The zero-order chi connectivity index (χ0) is 13.4. The smallest absolute Gasteiger partial charge is 0.262 e. The molecule has 96 valence electrons. The second-order valence-corrected chi connectivity index (χ2v) is 5.80. The molecule has 3 rings (SSSR count). The van der Waals surface area contributed by atoms with Crippen LogP contribution in [0.2, 0.25) is 0 Å². The first-order chi connectivity index (χ1) is 9.15. The Morgan fingerprint density at radius 1 is 1.37 bits per heavy atom. The van der Waals surface area contributed by atoms with Gasteiger partial charge in [0, 0.05) is 4.47 Å². The molecular weight excluding hydrogens is 331 g/mol. The van der Waals surface area contributed by atoms with E-state index in [1.54, 1.807) is 12.1 Å². The van der Waals surface area contributed by atoms with E-state index in [1.165, 1.54) is 34.4 Å². The number of hydrogen-bond donors (Lipinski definition) is 0. The number of hydrogen-bond acceptors (Lipinski definition) is 3. The molecule has 3 aromatic rings. The van der Waals surface area contributed by atoms with Gasteiger partial charge in [-0.3, -0.25) is 9.36 Å². The Kier molecular flexibility index (Phi) is 3.20. The highest BCUT2D eigenvalue weighted by Gasteiger charge is 2.07. The predicted octanol–water partition coefficient (Wildman–Crippen LogP) is 3.41. The van der Waals surface area contributed by atoms with Crippen molar-refractivity contribution in [2.24, 2.45) is 0 Å². The summed E-state index contributed by atoms with van der Waals surface area (Å²) in [6.45, 7) is 0.360. The van der Waals surface area contributed by atoms with E-state index in [0.717, 1.165) is 10.4 Å². The van der Waals surface area contributed by atoms with E-state index in [4.69, 9.17) is 0 Å². The van der Waals surface area contributed by atoms with Gasteiger partial charge in [0.1, 0.15) is 10.6 Å². The molecule has 0 saturated heterocycles. The fourth-order valence-electron chi connectivity index (χ4n) is 1.84. The van der Waals surface area contributed by atoms with E-state index < -0.39 is 0 Å². The Morgan fingerprint density at radius 3 is 3.00 bits per heavy atom. The van der Waals surface area contributed by atoms with Crippen LogP contribution >= 0.6 is 27.3 Å². The average Bonchev–Trinajstić information content (AvgIpc) is 2.85. The van der Waals surface area contributed by atoms with Gasteiger partial charge in [0.05, 0.1) is 18.3 Å². The molecule has 2 aromatic heterocycles. The number of fused-ring (bicyclic) bond motifs is 1. The maximum absolute atomic E-state index is 13.0. The van der Waals surface area contributed by atoms with Crippen molar-refractivity contribution in [1.29, 1.82) is 0 Å². The fourth-order valence-corrected chi connectivity index (χ4v) is 3.04. The van der Waals surface area contributed by atoms with Crippen LogP contribution in [0.1, 0.15) is 5.56 Å². The molecule has 0 saturated carbocycles. The lowest BCUT2D eigenvalue weighted by Gasteiger charge is -2.07. The van der Waals surface area contributed by atoms with Crippen LogP contribution in [0.25, 0.3) is 10.2 Å². The Hall–Kier alpha value is -1.53. The molecule has 0 spiro atoms. The highest BCUT2D eigenvalue weighted by Crippen LogP contribution is 2.19. The lowest BCUT2D eigenvalue weighted by Crippen LogP contribution is -2.20. The van der Waals surface area contributed by atoms with Crippen LogP contribution in [0.3, 0.4) is 0 Å². The number of halogens is 2. The van der Waals surface area contributed by atoms with Gasteiger partial charge < -0.3 is 0 Å². The maximum atomic E-state index is 13.0. The highest BCUT2D eigenvalue weighted by molar-refractivity contribution is 9.10. The van der Waals surface area contributed by atoms with Gasteiger partial charge in [0.2, 0.25) is 0 Å². The summed E-state index contributed by atoms with van der Waals surface area (Å²) in [4.78, 5) is 17.2. The topological polar surface area (TPSA) is 34.9 Å². The van der Waals surface area contributed by atoms with Crippen molar-refractivity contribution in [3.63, 3.8) is 0 Å². The van der Waals surface area contributed by atoms with Crippen molar-refractivity contribution in [3.05, 3.63) is 62.2 Å². The van der Waals surface area contributed by atoms with E-state index in [0.29, 0.717) is 16.4 Å². The molecule has 0 N–H and O–H groups in total. The number of aromatic nitrogens is 2. The molecule has 1 aromatic carbocycles. The van der Waals surface area contributed by atoms with Gasteiger partial charge in [-0.1, -0.05) is 22.0 Å². The lowest BCUT2D eigenvalue weighted by atomic mass is 10.2. The third-order valence-corrected chi connectivity index (χ3v) is 4.37. The quantitative estimate of drug-likeness (QED) is 0.717. The van der Waals surface area contributed by atoms with Gasteiger partial charge in [0.25, 0.3) is 5.56 Å². The minimum Gasteiger partial charge on any atom is -0.294 e. The van der Waals surface area contributed by atoms with Crippen molar-refractivity contribution in [3.8, 4) is 0 Å². The first kappa shape index (κ1) is 12.5. The number of rotatable bonds is 2. The van der Waals surface area contributed by atoms with Gasteiger partial charge in [-0.2, -0.15) is 0 Å². The first-order valence-corrected chi connectivity index (χ1v) is 7.19. The second kappa shape index (κ2) is 4.86. The van der Waals surface area contributed by atoms with Crippen LogP contribution in [0, 0.1) is 5.82 Å². The Labute approximate surface area is 120 Å². The molecule has 0 aliphatic rings. The summed E-state index contributed by atoms with van der Waals surface area (Å²) in [6.07, 6.45) is 1.52. The monoisotopic (exact) mass is 338 g/mol. The first-order valence-electron chi connectivity index (χ1n) is 5.52. The normalized spacial score (nSPS) is 11.1. The summed E-state index contributed by atoms with van der Waals surface area (Å²) in [6, 6.07) is 6.19. The Morgan fingerprint density at radius 2 is 2.21 bits per heavy atom. The van der Waals surface area contributed by atoms with Crippen molar-refractivity contribution in [2.75, 3.05) is 0 Å². The lowest BCUT2D eigenvalue weighted by molar-refractivity contribution is 0.624. The summed E-state index contributed by atoms with van der Waals surface area (Å²) in [5.74, 6) is -0.311. The predicted molar refractivity (Wildman–Crippen MR) is 77.1 cm³/mol. The van der Waals surface area contributed by atoms with E-state index in [1.807, 2.05) is 5.38 Å². The second-order valence-electron chi connectivity index (χ2n) is 4.05. The third kappa shape index (κ3) is 2.33. The van der Waals surface area contributed by atoms with Crippen LogP contribution in [-0.4, -0.2) is 9.55 Å². The van der Waals surface area contributed by atoms with Crippen molar-refractivity contribution < 1.29 is 4.39 Å². The van der Waals surface area contributed by atoms with E-state index in [-0.39, 0.29) is 11.4 Å². The van der Waals surface area contributed by atoms with E-state index in [2.05, 4.69) is 20.9 Å². The summed E-state index contributed by atoms with van der Waals surface area (Å²) in [5, 5.41) is 2.46. The molecule has 0 unspecified atom stereocenters. The fraction of sp³-hybridized carbons (Fsp3) is 0.0769. The van der Waals surface area contributed by atoms with Crippen LogP contribution in [0.15, 0.2) is 45.2 Å². The summed E-state index contributed by atoms with van der Waals surface area (Å²) in [5.41, 5.74) is 0.752. The Bertz CT molecular complexity index is 812. The molecule has 0 aliphatic heterocycles. The minimum atomic E-state index is -0.311. The van der Waals surface area contributed by atoms with Gasteiger partial charge in [-0.25, -0.2) is 9.37 Å². The van der Waals surface area contributed by atoms with Crippen LogP contribution < -0.4 is 5.56 Å². The zero-order valence-electron chi connectivity index (χ0n) is 9.64. The molecule has 0 atom stereocenters. The SMILES string of the molecule is O=c1c2ccsc2ncn1Cc1ccc(F)cc1Br. The average molecular weight is 339 g/mol. The van der Waals surface area contributed by atoms with E-state index >= 15 is 0 Å². The molecular formula is C13H8BrFN2OS. The number of nitrogens with zero attached hydrogens (tertiary/aromatic N) is 2. The molecule has 0 fully saturated rings. The van der Waals surface area contributed by atoms with Gasteiger partial charge in [0.15, 0.2) is 0 Å². The largest absolute Gasteiger partial charge is 0.294 e. The Balaban J connectivity index is 2.05. The molecule has 0 amide bonds. The van der Waals surface area contributed by atoms with Crippen LogP contribution in [0.4, 0.5) is 4.39 Å². The maximum Gasteiger partial charge on any atom is 0.262 e. The molecule has 0 bridgehead atoms. The molecule has 0 radical (unpaired) electrons. The molecule has 2 heterocycles. The van der Waals surface area contributed by atoms with Gasteiger partial charge >= 0.3 is 0 Å². The summed E-state index contributed by atoms with van der Waals surface area (Å²) < 4.78 is 15.2. The van der Waals surface area contributed by atoms with Crippen LogP contribution in [0.5, 0.6) is 0 Å². The third-order valence-electron chi connectivity index (χ3n) is 2.81. The number of benzene rings is 1. The number of thiophene rings is 1. The van der Waals surface area contributed by atoms with Crippen molar-refractivity contribution in [1.82, 2.24) is 9.55 Å². The minimum absolute atomic E-state index is 0.0810. The summed E-state index contributed by atoms with van der Waals surface area (Å²) in [7, 11) is 0. The van der Waals surface area contributed by atoms with E-state index in [9.17, 15) is 9.18 Å². The molecule has 19 heavy (non-hydrogen) atoms. The van der Waals surface area contributed by atoms with Crippen LogP contribution in [-0.2, 0) is 6.54 Å². The zero-order valence-corrected chi connectivity index (χ0v) is 12.0. The van der Waals surface area contributed by atoms with Gasteiger partial charge in [-0.15, -0.1) is 11.3 Å². The molecule has 0 aliphatic carbocycles. The van der Waals surface area contributed by atoms with Crippen molar-refractivity contribution in [2.45, 2.75) is 6.54 Å². The molecule has 6 heteroatoms. The molecule has 3 nitrogen and oxygen atoms in total. The highest BCUT2D eigenvalue weighted by atomic mass is 79.9. The van der Waals surface area contributed by atoms with Crippen molar-refractivity contribution >= 4 is 37.5 Å². The summed E-state index contributed by atoms with van der Waals surface area (Å²) >= 11 is 4.74.